The minimum absolute atomic E-state index is 0.289. The molecule has 1 aromatic rings. The first-order valence-corrected chi connectivity index (χ1v) is 5.54. The predicted molar refractivity (Wildman–Crippen MR) is 64.5 cm³/mol. The molecule has 0 radical (unpaired) electrons. The maximum absolute atomic E-state index is 13.5. The third-order valence-electron chi connectivity index (χ3n) is 2.60. The second-order valence-electron chi connectivity index (χ2n) is 3.76. The number of nitrogens with two attached hydrogens (primary N) is 1. The highest BCUT2D eigenvalue weighted by molar-refractivity contribution is 5.73. The molecule has 0 fully saturated rings. The molecule has 0 aliphatic rings. The van der Waals surface area contributed by atoms with Crippen LogP contribution in [0, 0.1) is 5.82 Å². The molecule has 3 N–H and O–H groups in total. The van der Waals surface area contributed by atoms with Crippen molar-refractivity contribution in [2.24, 2.45) is 5.73 Å². The van der Waals surface area contributed by atoms with Crippen LogP contribution in [0.1, 0.15) is 13.3 Å². The maximum Gasteiger partial charge on any atom is 0.320 e. The predicted octanol–water partition coefficient (Wildman–Crippen LogP) is 1.45. The van der Waals surface area contributed by atoms with Gasteiger partial charge in [-0.05, 0) is 25.5 Å². The van der Waals surface area contributed by atoms with Crippen LogP contribution in [0.4, 0.5) is 10.1 Å². The van der Waals surface area contributed by atoms with Gasteiger partial charge in [-0.15, -0.1) is 0 Å². The lowest BCUT2D eigenvalue weighted by Crippen LogP contribution is -2.35. The van der Waals surface area contributed by atoms with Gasteiger partial charge in [0.1, 0.15) is 11.9 Å². The third kappa shape index (κ3) is 3.71. The SMILES string of the molecule is CCN(CCC(N)C(=O)O)c1ccccc1F. The van der Waals surface area contributed by atoms with E-state index in [2.05, 4.69) is 0 Å². The van der Waals surface area contributed by atoms with Crippen LogP contribution >= 0.6 is 0 Å². The highest BCUT2D eigenvalue weighted by Gasteiger charge is 2.15. The zero-order valence-electron chi connectivity index (χ0n) is 9.77. The van der Waals surface area contributed by atoms with Gasteiger partial charge in [-0.1, -0.05) is 12.1 Å². The van der Waals surface area contributed by atoms with E-state index in [9.17, 15) is 9.18 Å². The number of aliphatic carboxylic acids is 1. The van der Waals surface area contributed by atoms with E-state index in [1.165, 1.54) is 6.07 Å². The average Bonchev–Trinajstić information content (AvgIpc) is 2.31. The van der Waals surface area contributed by atoms with E-state index in [0.717, 1.165) is 0 Å². The number of carboxylic acids is 1. The van der Waals surface area contributed by atoms with Crippen LogP contribution in [0.25, 0.3) is 0 Å². The lowest BCUT2D eigenvalue weighted by molar-refractivity contribution is -0.138. The van der Waals surface area contributed by atoms with Crippen molar-refractivity contribution < 1.29 is 14.3 Å². The normalized spacial score (nSPS) is 12.2. The van der Waals surface area contributed by atoms with E-state index in [4.69, 9.17) is 10.8 Å². The fourth-order valence-corrected chi connectivity index (χ4v) is 1.58. The van der Waals surface area contributed by atoms with Gasteiger partial charge >= 0.3 is 5.97 Å². The molecule has 94 valence electrons. The molecule has 0 saturated heterocycles. The van der Waals surface area contributed by atoms with E-state index in [1.54, 1.807) is 23.1 Å². The lowest BCUT2D eigenvalue weighted by Gasteiger charge is -2.24. The molecule has 17 heavy (non-hydrogen) atoms. The summed E-state index contributed by atoms with van der Waals surface area (Å²) in [5, 5.41) is 8.68. The van der Waals surface area contributed by atoms with Crippen molar-refractivity contribution in [2.45, 2.75) is 19.4 Å². The first kappa shape index (κ1) is 13.4. The number of halogens is 1. The molecule has 0 amide bonds. The Labute approximate surface area is 99.8 Å². The molecule has 0 aromatic heterocycles. The van der Waals surface area contributed by atoms with Crippen molar-refractivity contribution in [2.75, 3.05) is 18.0 Å². The summed E-state index contributed by atoms with van der Waals surface area (Å²) in [6, 6.07) is 5.52. The van der Waals surface area contributed by atoms with Crippen molar-refractivity contribution >= 4 is 11.7 Å². The molecule has 0 heterocycles. The second-order valence-corrected chi connectivity index (χ2v) is 3.76. The highest BCUT2D eigenvalue weighted by Crippen LogP contribution is 2.18. The number of rotatable bonds is 6. The standard InChI is InChI=1S/C12H17FN2O2/c1-2-15(8-7-10(14)12(16)17)11-6-4-3-5-9(11)13/h3-6,10H,2,7-8,14H2,1H3,(H,16,17). The number of anilines is 1. The highest BCUT2D eigenvalue weighted by atomic mass is 19.1. The molecule has 0 bridgehead atoms. The Balaban J connectivity index is 2.67. The van der Waals surface area contributed by atoms with Crippen LogP contribution in [-0.4, -0.2) is 30.2 Å². The van der Waals surface area contributed by atoms with Gasteiger partial charge in [0.05, 0.1) is 5.69 Å². The van der Waals surface area contributed by atoms with Crippen LogP contribution in [0.5, 0.6) is 0 Å². The Morgan fingerprint density at radius 2 is 2.18 bits per heavy atom. The molecule has 0 aliphatic carbocycles. The second kappa shape index (κ2) is 6.20. The molecule has 0 aliphatic heterocycles. The molecule has 1 atom stereocenters. The number of carboxylic acid groups (broad SMARTS) is 1. The number of nitrogens with zero attached hydrogens (tertiary/aromatic N) is 1. The van der Waals surface area contributed by atoms with E-state index < -0.39 is 12.0 Å². The summed E-state index contributed by atoms with van der Waals surface area (Å²) in [4.78, 5) is 12.4. The van der Waals surface area contributed by atoms with E-state index >= 15 is 0 Å². The largest absolute Gasteiger partial charge is 0.480 e. The topological polar surface area (TPSA) is 66.6 Å². The molecule has 4 nitrogen and oxygen atoms in total. The Kier molecular flexibility index (Phi) is 4.90. The van der Waals surface area contributed by atoms with Crippen LogP contribution in [-0.2, 0) is 4.79 Å². The Hall–Kier alpha value is -1.62. The summed E-state index contributed by atoms with van der Waals surface area (Å²) in [5.74, 6) is -1.34. The van der Waals surface area contributed by atoms with Gasteiger partial charge in [0.15, 0.2) is 0 Å². The van der Waals surface area contributed by atoms with Crippen molar-refractivity contribution in [1.82, 2.24) is 0 Å². The van der Waals surface area contributed by atoms with Gasteiger partial charge in [-0.2, -0.15) is 0 Å². The fraction of sp³-hybridized carbons (Fsp3) is 0.417. The molecule has 0 spiro atoms. The molecular formula is C12H17FN2O2. The monoisotopic (exact) mass is 240 g/mol. The Morgan fingerprint density at radius 1 is 1.53 bits per heavy atom. The number of carbonyl (C=O) groups is 1. The Morgan fingerprint density at radius 3 is 2.71 bits per heavy atom. The molecule has 1 unspecified atom stereocenters. The molecule has 1 aromatic carbocycles. The van der Waals surface area contributed by atoms with E-state index in [1.807, 2.05) is 6.92 Å². The first-order valence-electron chi connectivity index (χ1n) is 5.54. The molecular weight excluding hydrogens is 223 g/mol. The lowest BCUT2D eigenvalue weighted by atomic mass is 10.2. The van der Waals surface area contributed by atoms with Crippen molar-refractivity contribution in [1.29, 1.82) is 0 Å². The Bertz CT molecular complexity index is 385. The van der Waals surface area contributed by atoms with Gasteiger partial charge in [0.25, 0.3) is 0 Å². The van der Waals surface area contributed by atoms with Crippen molar-refractivity contribution in [3.05, 3.63) is 30.1 Å². The summed E-state index contributed by atoms with van der Waals surface area (Å²) in [7, 11) is 0. The van der Waals surface area contributed by atoms with Crippen LogP contribution < -0.4 is 10.6 Å². The molecule has 1 rings (SSSR count). The molecule has 5 heteroatoms. The van der Waals surface area contributed by atoms with Gasteiger partial charge in [0.2, 0.25) is 0 Å². The zero-order chi connectivity index (χ0) is 12.8. The van der Waals surface area contributed by atoms with E-state index in [0.29, 0.717) is 18.8 Å². The quantitative estimate of drug-likeness (QED) is 0.790. The number of benzene rings is 1. The summed E-state index contributed by atoms with van der Waals surface area (Å²) < 4.78 is 13.5. The summed E-state index contributed by atoms with van der Waals surface area (Å²) in [5.41, 5.74) is 5.89. The van der Waals surface area contributed by atoms with Gasteiger partial charge in [-0.3, -0.25) is 4.79 Å². The van der Waals surface area contributed by atoms with Gasteiger partial charge < -0.3 is 15.7 Å². The van der Waals surface area contributed by atoms with Crippen LogP contribution in [0.3, 0.4) is 0 Å². The van der Waals surface area contributed by atoms with E-state index in [-0.39, 0.29) is 12.2 Å². The first-order chi connectivity index (χ1) is 8.06. The maximum atomic E-state index is 13.5. The van der Waals surface area contributed by atoms with Gasteiger partial charge in [-0.25, -0.2) is 4.39 Å². The smallest absolute Gasteiger partial charge is 0.320 e. The number of hydrogen-bond acceptors (Lipinski definition) is 3. The summed E-state index contributed by atoms with van der Waals surface area (Å²) >= 11 is 0. The molecule has 0 saturated carbocycles. The van der Waals surface area contributed by atoms with Gasteiger partial charge in [0, 0.05) is 13.1 Å². The average molecular weight is 240 g/mol. The van der Waals surface area contributed by atoms with Crippen LogP contribution in [0.15, 0.2) is 24.3 Å². The fourth-order valence-electron chi connectivity index (χ4n) is 1.58. The third-order valence-corrected chi connectivity index (χ3v) is 2.60. The summed E-state index contributed by atoms with van der Waals surface area (Å²) in [6.07, 6.45) is 0.289. The van der Waals surface area contributed by atoms with Crippen LogP contribution in [0.2, 0.25) is 0 Å². The van der Waals surface area contributed by atoms with Crippen molar-refractivity contribution in [3.63, 3.8) is 0 Å². The zero-order valence-corrected chi connectivity index (χ0v) is 9.77. The number of para-hydroxylation sites is 1. The van der Waals surface area contributed by atoms with Crippen molar-refractivity contribution in [3.8, 4) is 0 Å². The number of hydrogen-bond donors (Lipinski definition) is 2. The minimum atomic E-state index is -1.03. The summed E-state index contributed by atoms with van der Waals surface area (Å²) in [6.45, 7) is 2.91. The minimum Gasteiger partial charge on any atom is -0.480 e.